The van der Waals surface area contributed by atoms with Crippen LogP contribution in [0.3, 0.4) is 0 Å². The molecule has 0 atom stereocenters. The summed E-state index contributed by atoms with van der Waals surface area (Å²) in [5, 5.41) is 15.7. The van der Waals surface area contributed by atoms with Crippen molar-refractivity contribution in [1.82, 2.24) is 4.98 Å². The molecule has 4 aromatic rings. The second-order valence-corrected chi connectivity index (χ2v) is 8.03. The number of aromatic nitrogens is 1. The summed E-state index contributed by atoms with van der Waals surface area (Å²) in [6.45, 7) is 3.87. The monoisotopic (exact) mass is 417 g/mol. The zero-order valence-electron chi connectivity index (χ0n) is 16.4. The normalized spacial score (nSPS) is 10.7. The molecule has 0 aliphatic carbocycles. The Labute approximate surface area is 177 Å². The second kappa shape index (κ2) is 7.96. The van der Waals surface area contributed by atoms with E-state index in [1.165, 1.54) is 11.6 Å². The zero-order chi connectivity index (χ0) is 21.3. The number of benzene rings is 3. The molecule has 3 N–H and O–H groups in total. The average Bonchev–Trinajstić information content (AvgIpc) is 3.14. The largest absolute Gasteiger partial charge is 0.506 e. The first kappa shape index (κ1) is 19.6. The van der Waals surface area contributed by atoms with Crippen LogP contribution in [-0.4, -0.2) is 21.9 Å². The van der Waals surface area contributed by atoms with E-state index in [0.717, 1.165) is 26.4 Å². The van der Waals surface area contributed by atoms with Crippen LogP contribution < -0.4 is 10.6 Å². The average molecular weight is 417 g/mol. The van der Waals surface area contributed by atoms with Gasteiger partial charge < -0.3 is 15.7 Å². The molecule has 0 unspecified atom stereocenters. The lowest BCUT2D eigenvalue weighted by Gasteiger charge is -2.09. The fraction of sp³-hybridized carbons (Fsp3) is 0.0870. The van der Waals surface area contributed by atoms with Gasteiger partial charge in [-0.1, -0.05) is 12.1 Å². The number of aryl methyl sites for hydroxylation is 2. The number of nitrogens with one attached hydrogen (secondary N) is 2. The molecule has 0 bridgehead atoms. The number of thiazole rings is 1. The van der Waals surface area contributed by atoms with E-state index in [1.54, 1.807) is 35.6 Å². The van der Waals surface area contributed by atoms with E-state index in [1.807, 2.05) is 38.1 Å². The molecule has 0 saturated carbocycles. The minimum atomic E-state index is -0.860. The minimum absolute atomic E-state index is 0.0999. The molecular weight excluding hydrogens is 398 g/mol. The maximum absolute atomic E-state index is 12.2. The number of nitrogens with zero attached hydrogens (tertiary/aromatic N) is 1. The van der Waals surface area contributed by atoms with E-state index in [2.05, 4.69) is 21.7 Å². The Morgan fingerprint density at radius 3 is 2.30 bits per heavy atom. The molecule has 6 nitrogen and oxygen atoms in total. The maximum atomic E-state index is 12.2. The van der Waals surface area contributed by atoms with Crippen LogP contribution in [0.1, 0.15) is 11.1 Å². The summed E-state index contributed by atoms with van der Waals surface area (Å²) in [6, 6.07) is 18.1. The van der Waals surface area contributed by atoms with Crippen LogP contribution in [0.2, 0.25) is 0 Å². The third-order valence-electron chi connectivity index (χ3n) is 4.54. The summed E-state index contributed by atoms with van der Waals surface area (Å²) in [5.41, 5.74) is 4.60. The van der Waals surface area contributed by atoms with Gasteiger partial charge in [0.1, 0.15) is 10.8 Å². The van der Waals surface area contributed by atoms with Crippen molar-refractivity contribution in [3.05, 3.63) is 71.8 Å². The molecule has 0 spiro atoms. The molecule has 0 aliphatic rings. The Balaban J connectivity index is 1.45. The lowest BCUT2D eigenvalue weighted by atomic mass is 10.2. The molecule has 0 radical (unpaired) electrons. The highest BCUT2D eigenvalue weighted by Gasteiger charge is 2.16. The summed E-state index contributed by atoms with van der Waals surface area (Å²) in [4.78, 5) is 29.0. The highest BCUT2D eigenvalue weighted by molar-refractivity contribution is 7.21. The number of hydrogen-bond donors (Lipinski definition) is 3. The molecule has 0 aliphatic heterocycles. The number of phenols is 1. The van der Waals surface area contributed by atoms with Crippen molar-refractivity contribution in [3.8, 4) is 16.3 Å². The van der Waals surface area contributed by atoms with Crippen LogP contribution in [0.15, 0.2) is 60.7 Å². The van der Waals surface area contributed by atoms with Crippen LogP contribution in [-0.2, 0) is 9.59 Å². The summed E-state index contributed by atoms with van der Waals surface area (Å²) < 4.78 is 1.12. The third kappa shape index (κ3) is 4.16. The van der Waals surface area contributed by atoms with Gasteiger partial charge in [0.15, 0.2) is 0 Å². The highest BCUT2D eigenvalue weighted by Crippen LogP contribution is 2.31. The second-order valence-electron chi connectivity index (χ2n) is 7.00. The molecule has 7 heteroatoms. The molecule has 1 aromatic heterocycles. The molecule has 4 rings (SSSR count). The lowest BCUT2D eigenvalue weighted by Crippen LogP contribution is -2.29. The van der Waals surface area contributed by atoms with Crippen LogP contribution in [0.5, 0.6) is 5.75 Å². The third-order valence-corrected chi connectivity index (χ3v) is 5.61. The Hall–Kier alpha value is -3.71. The fourth-order valence-corrected chi connectivity index (χ4v) is 4.04. The van der Waals surface area contributed by atoms with Crippen molar-refractivity contribution in [2.75, 3.05) is 10.6 Å². The number of amides is 2. The van der Waals surface area contributed by atoms with Crippen LogP contribution in [0.25, 0.3) is 20.8 Å². The quantitative estimate of drug-likeness (QED) is 0.328. The predicted octanol–water partition coefficient (Wildman–Crippen LogP) is 4.86. The zero-order valence-corrected chi connectivity index (χ0v) is 17.2. The molecule has 2 amide bonds. The minimum Gasteiger partial charge on any atom is -0.506 e. The molecule has 3 aromatic carbocycles. The Morgan fingerprint density at radius 2 is 1.53 bits per heavy atom. The van der Waals surface area contributed by atoms with E-state index in [0.29, 0.717) is 5.69 Å². The highest BCUT2D eigenvalue weighted by atomic mass is 32.1. The van der Waals surface area contributed by atoms with Crippen molar-refractivity contribution in [3.63, 3.8) is 0 Å². The van der Waals surface area contributed by atoms with Gasteiger partial charge in [0.25, 0.3) is 0 Å². The predicted molar refractivity (Wildman–Crippen MR) is 120 cm³/mol. The van der Waals surface area contributed by atoms with Crippen LogP contribution >= 0.6 is 11.3 Å². The van der Waals surface area contributed by atoms with Gasteiger partial charge in [-0.15, -0.1) is 11.3 Å². The number of aromatic hydroxyl groups is 1. The Bertz CT molecular complexity index is 1260. The fourth-order valence-electron chi connectivity index (χ4n) is 2.97. The molecule has 1 heterocycles. The van der Waals surface area contributed by atoms with Crippen LogP contribution in [0, 0.1) is 13.8 Å². The van der Waals surface area contributed by atoms with Crippen molar-refractivity contribution in [1.29, 1.82) is 0 Å². The summed E-state index contributed by atoms with van der Waals surface area (Å²) in [7, 11) is 0. The summed E-state index contributed by atoms with van der Waals surface area (Å²) >= 11 is 1.61. The molecule has 0 fully saturated rings. The van der Waals surface area contributed by atoms with Crippen molar-refractivity contribution in [2.24, 2.45) is 0 Å². The molecule has 30 heavy (non-hydrogen) atoms. The van der Waals surface area contributed by atoms with E-state index in [-0.39, 0.29) is 11.4 Å². The Morgan fingerprint density at radius 1 is 0.867 bits per heavy atom. The van der Waals surface area contributed by atoms with Gasteiger partial charge in [-0.25, -0.2) is 4.98 Å². The number of rotatable bonds is 3. The number of anilines is 2. The standard InChI is InChI=1S/C23H19N3O3S/c1-13-4-10-19(27)18(11-13)25-22(29)21(28)24-16-7-5-15(6-8-16)23-26-17-9-3-14(2)12-20(17)30-23/h3-12,27H,1-2H3,(H,24,28)(H,25,29). The number of carbonyl (C=O) groups is 2. The Kier molecular flexibility index (Phi) is 5.20. The smallest absolute Gasteiger partial charge is 0.314 e. The van der Waals surface area contributed by atoms with Gasteiger partial charge in [-0.3, -0.25) is 9.59 Å². The van der Waals surface area contributed by atoms with Crippen molar-refractivity contribution < 1.29 is 14.7 Å². The summed E-state index contributed by atoms with van der Waals surface area (Å²) in [5.74, 6) is -1.78. The first-order valence-corrected chi connectivity index (χ1v) is 10.1. The molecular formula is C23H19N3O3S. The maximum Gasteiger partial charge on any atom is 0.314 e. The van der Waals surface area contributed by atoms with Gasteiger partial charge in [-0.05, 0) is 73.5 Å². The van der Waals surface area contributed by atoms with Crippen molar-refractivity contribution >= 4 is 44.7 Å². The van der Waals surface area contributed by atoms with Gasteiger partial charge in [-0.2, -0.15) is 0 Å². The van der Waals surface area contributed by atoms with Gasteiger partial charge >= 0.3 is 11.8 Å². The van der Waals surface area contributed by atoms with E-state index in [4.69, 9.17) is 0 Å². The number of phenolic OH excluding ortho intramolecular Hbond substituents is 1. The summed E-state index contributed by atoms with van der Waals surface area (Å²) in [6.07, 6.45) is 0. The molecule has 0 saturated heterocycles. The van der Waals surface area contributed by atoms with E-state index >= 15 is 0 Å². The topological polar surface area (TPSA) is 91.3 Å². The number of fused-ring (bicyclic) bond motifs is 1. The number of hydrogen-bond acceptors (Lipinski definition) is 5. The van der Waals surface area contributed by atoms with Gasteiger partial charge in [0, 0.05) is 11.3 Å². The lowest BCUT2D eigenvalue weighted by molar-refractivity contribution is -0.133. The molecule has 150 valence electrons. The van der Waals surface area contributed by atoms with E-state index < -0.39 is 11.8 Å². The van der Waals surface area contributed by atoms with Gasteiger partial charge in [0.05, 0.1) is 15.9 Å². The van der Waals surface area contributed by atoms with E-state index in [9.17, 15) is 14.7 Å². The SMILES string of the molecule is Cc1ccc(O)c(NC(=O)C(=O)Nc2ccc(-c3nc4ccc(C)cc4s3)cc2)c1. The van der Waals surface area contributed by atoms with Crippen LogP contribution in [0.4, 0.5) is 11.4 Å². The number of carbonyl (C=O) groups excluding carboxylic acids is 2. The first-order chi connectivity index (χ1) is 14.4. The van der Waals surface area contributed by atoms with Crippen molar-refractivity contribution in [2.45, 2.75) is 13.8 Å². The first-order valence-electron chi connectivity index (χ1n) is 9.28. The van der Waals surface area contributed by atoms with Gasteiger partial charge in [0.2, 0.25) is 0 Å².